The number of anilines is 1. The Bertz CT molecular complexity index is 578. The quantitative estimate of drug-likeness (QED) is 0.808. The van der Waals surface area contributed by atoms with Gasteiger partial charge < -0.3 is 10.5 Å². The van der Waals surface area contributed by atoms with Crippen molar-refractivity contribution in [3.05, 3.63) is 22.2 Å². The van der Waals surface area contributed by atoms with Crippen molar-refractivity contribution in [3.63, 3.8) is 0 Å². The molecule has 2 rings (SSSR count). The number of nitrogens with one attached hydrogen (secondary N) is 1. The minimum atomic E-state index is -3.76. The van der Waals surface area contributed by atoms with Crippen LogP contribution in [0.25, 0.3) is 0 Å². The van der Waals surface area contributed by atoms with Crippen LogP contribution in [0, 0.1) is 0 Å². The summed E-state index contributed by atoms with van der Waals surface area (Å²) in [7, 11) is -3.76. The van der Waals surface area contributed by atoms with Crippen LogP contribution in [0.2, 0.25) is 10.0 Å². The van der Waals surface area contributed by atoms with Crippen LogP contribution in [0.4, 0.5) is 5.69 Å². The van der Waals surface area contributed by atoms with E-state index in [1.54, 1.807) is 0 Å². The van der Waals surface area contributed by atoms with E-state index in [1.807, 2.05) is 6.92 Å². The third kappa shape index (κ3) is 3.38. The lowest BCUT2D eigenvalue weighted by molar-refractivity contribution is -0.00475. The summed E-state index contributed by atoms with van der Waals surface area (Å²) >= 11 is 11.7. The molecule has 0 spiro atoms. The van der Waals surface area contributed by atoms with Crippen LogP contribution >= 0.6 is 23.2 Å². The first-order chi connectivity index (χ1) is 9.33. The first-order valence-corrected chi connectivity index (χ1v) is 8.46. The monoisotopic (exact) mass is 338 g/mol. The summed E-state index contributed by atoms with van der Waals surface area (Å²) in [6.07, 6.45) is 1.42. The SMILES string of the molecule is CCOC1CC(NS(=O)(=O)c2c(N)cc(Cl)cc2Cl)C1. The Morgan fingerprint density at radius 1 is 1.40 bits per heavy atom. The Morgan fingerprint density at radius 2 is 2.05 bits per heavy atom. The minimum absolute atomic E-state index is 0.0168. The van der Waals surface area contributed by atoms with Crippen molar-refractivity contribution in [2.45, 2.75) is 36.8 Å². The lowest BCUT2D eigenvalue weighted by Crippen LogP contribution is -2.47. The van der Waals surface area contributed by atoms with E-state index in [0.717, 1.165) is 0 Å². The molecule has 0 bridgehead atoms. The fourth-order valence-electron chi connectivity index (χ4n) is 2.18. The number of rotatable bonds is 5. The molecule has 1 aromatic rings. The molecule has 0 unspecified atom stereocenters. The first-order valence-electron chi connectivity index (χ1n) is 6.22. The molecule has 0 saturated heterocycles. The van der Waals surface area contributed by atoms with E-state index >= 15 is 0 Å². The third-order valence-corrected chi connectivity index (χ3v) is 5.39. The molecule has 1 aromatic carbocycles. The normalized spacial score (nSPS) is 22.6. The van der Waals surface area contributed by atoms with Gasteiger partial charge in [-0.05, 0) is 31.9 Å². The lowest BCUT2D eigenvalue weighted by atomic mass is 9.90. The van der Waals surface area contributed by atoms with Crippen LogP contribution in [0.5, 0.6) is 0 Å². The summed E-state index contributed by atoms with van der Waals surface area (Å²) in [6.45, 7) is 2.53. The Kier molecular flexibility index (Phi) is 4.81. The van der Waals surface area contributed by atoms with Gasteiger partial charge in [-0.2, -0.15) is 0 Å². The van der Waals surface area contributed by atoms with Crippen molar-refractivity contribution in [1.82, 2.24) is 4.72 Å². The Hall–Kier alpha value is -0.530. The maximum Gasteiger partial charge on any atom is 0.244 e. The van der Waals surface area contributed by atoms with Crippen LogP contribution in [-0.4, -0.2) is 27.2 Å². The number of halogens is 2. The van der Waals surface area contributed by atoms with Gasteiger partial charge in [-0.15, -0.1) is 0 Å². The molecule has 1 saturated carbocycles. The topological polar surface area (TPSA) is 81.4 Å². The second kappa shape index (κ2) is 6.07. The Morgan fingerprint density at radius 3 is 2.60 bits per heavy atom. The van der Waals surface area contributed by atoms with Gasteiger partial charge in [-0.1, -0.05) is 23.2 Å². The van der Waals surface area contributed by atoms with E-state index in [-0.39, 0.29) is 27.8 Å². The lowest BCUT2D eigenvalue weighted by Gasteiger charge is -2.35. The molecule has 0 radical (unpaired) electrons. The Labute approximate surface area is 128 Å². The molecule has 0 heterocycles. The second-order valence-corrected chi connectivity index (χ2v) is 7.17. The van der Waals surface area contributed by atoms with Gasteiger partial charge in [0.15, 0.2) is 0 Å². The molecular weight excluding hydrogens is 323 g/mol. The predicted molar refractivity (Wildman–Crippen MR) is 79.6 cm³/mol. The summed E-state index contributed by atoms with van der Waals surface area (Å²) in [4.78, 5) is -0.122. The van der Waals surface area contributed by atoms with Crippen molar-refractivity contribution in [1.29, 1.82) is 0 Å². The van der Waals surface area contributed by atoms with E-state index < -0.39 is 10.0 Å². The van der Waals surface area contributed by atoms with E-state index in [0.29, 0.717) is 24.5 Å². The molecule has 1 fully saturated rings. The van der Waals surface area contributed by atoms with Crippen molar-refractivity contribution < 1.29 is 13.2 Å². The summed E-state index contributed by atoms with van der Waals surface area (Å²) in [5.74, 6) is 0. The summed E-state index contributed by atoms with van der Waals surface area (Å²) < 4.78 is 32.6. The average molecular weight is 339 g/mol. The molecule has 0 amide bonds. The molecule has 3 N–H and O–H groups in total. The maximum atomic E-state index is 12.3. The fourth-order valence-corrected chi connectivity index (χ4v) is 4.42. The number of ether oxygens (including phenoxy) is 1. The second-order valence-electron chi connectivity index (χ2n) is 4.67. The third-order valence-electron chi connectivity index (χ3n) is 3.12. The summed E-state index contributed by atoms with van der Waals surface area (Å²) in [6, 6.07) is 2.58. The van der Waals surface area contributed by atoms with Gasteiger partial charge in [0.05, 0.1) is 16.8 Å². The van der Waals surface area contributed by atoms with E-state index in [4.69, 9.17) is 33.7 Å². The van der Waals surface area contributed by atoms with E-state index in [9.17, 15) is 8.42 Å². The van der Waals surface area contributed by atoms with Gasteiger partial charge >= 0.3 is 0 Å². The average Bonchev–Trinajstić information content (AvgIpc) is 2.23. The molecule has 0 atom stereocenters. The zero-order valence-corrected chi connectivity index (χ0v) is 13.2. The highest BCUT2D eigenvalue weighted by molar-refractivity contribution is 7.89. The number of nitrogens with two attached hydrogens (primary N) is 1. The van der Waals surface area contributed by atoms with Gasteiger partial charge in [0.1, 0.15) is 4.90 Å². The highest BCUT2D eigenvalue weighted by Gasteiger charge is 2.34. The van der Waals surface area contributed by atoms with Crippen LogP contribution in [0.3, 0.4) is 0 Å². The largest absolute Gasteiger partial charge is 0.398 e. The molecule has 8 heteroatoms. The summed E-state index contributed by atoms with van der Waals surface area (Å²) in [5.41, 5.74) is 5.74. The molecule has 0 aromatic heterocycles. The minimum Gasteiger partial charge on any atom is -0.398 e. The molecule has 1 aliphatic carbocycles. The van der Waals surface area contributed by atoms with Crippen LogP contribution in [0.1, 0.15) is 19.8 Å². The number of benzene rings is 1. The van der Waals surface area contributed by atoms with Crippen molar-refractivity contribution in [3.8, 4) is 0 Å². The fraction of sp³-hybridized carbons (Fsp3) is 0.500. The molecule has 0 aliphatic heterocycles. The molecule has 20 heavy (non-hydrogen) atoms. The van der Waals surface area contributed by atoms with E-state index in [1.165, 1.54) is 12.1 Å². The number of hydrogen-bond donors (Lipinski definition) is 2. The van der Waals surface area contributed by atoms with Gasteiger partial charge in [-0.3, -0.25) is 0 Å². The first kappa shape index (κ1) is 15.9. The zero-order valence-electron chi connectivity index (χ0n) is 10.9. The van der Waals surface area contributed by atoms with Gasteiger partial charge in [-0.25, -0.2) is 13.1 Å². The smallest absolute Gasteiger partial charge is 0.244 e. The van der Waals surface area contributed by atoms with E-state index in [2.05, 4.69) is 4.72 Å². The van der Waals surface area contributed by atoms with Crippen molar-refractivity contribution >= 4 is 38.9 Å². The zero-order chi connectivity index (χ0) is 14.9. The van der Waals surface area contributed by atoms with Gasteiger partial charge in [0.2, 0.25) is 10.0 Å². The standard InChI is InChI=1S/C12H16Cl2N2O3S/c1-2-19-9-5-8(6-9)16-20(17,18)12-10(14)3-7(13)4-11(12)15/h3-4,8-9,16H,2,5-6,15H2,1H3. The highest BCUT2D eigenvalue weighted by Crippen LogP contribution is 2.32. The predicted octanol–water partition coefficient (Wildman–Crippen LogP) is 2.42. The number of sulfonamides is 1. The Balaban J connectivity index is 2.12. The van der Waals surface area contributed by atoms with Crippen molar-refractivity contribution in [2.24, 2.45) is 0 Å². The molecule has 1 aliphatic rings. The highest BCUT2D eigenvalue weighted by atomic mass is 35.5. The number of hydrogen-bond acceptors (Lipinski definition) is 4. The molecule has 5 nitrogen and oxygen atoms in total. The number of nitrogen functional groups attached to an aromatic ring is 1. The van der Waals surface area contributed by atoms with Crippen LogP contribution < -0.4 is 10.5 Å². The van der Waals surface area contributed by atoms with Gasteiger partial charge in [0.25, 0.3) is 0 Å². The molecular formula is C12H16Cl2N2O3S. The molecule has 112 valence electrons. The van der Waals surface area contributed by atoms with Gasteiger partial charge in [0, 0.05) is 17.7 Å². The van der Waals surface area contributed by atoms with Crippen LogP contribution in [-0.2, 0) is 14.8 Å². The summed E-state index contributed by atoms with van der Waals surface area (Å²) in [5, 5.41) is 0.315. The van der Waals surface area contributed by atoms with Crippen LogP contribution in [0.15, 0.2) is 17.0 Å². The van der Waals surface area contributed by atoms with Crippen molar-refractivity contribution in [2.75, 3.05) is 12.3 Å². The maximum absolute atomic E-state index is 12.3.